The van der Waals surface area contributed by atoms with Crippen LogP contribution in [0.4, 0.5) is 0 Å². The summed E-state index contributed by atoms with van der Waals surface area (Å²) in [4.78, 5) is 27.8. The number of amides is 2. The van der Waals surface area contributed by atoms with Crippen LogP contribution in [0.15, 0.2) is 0 Å². The summed E-state index contributed by atoms with van der Waals surface area (Å²) in [6.07, 6.45) is 11.2. The predicted octanol–water partition coefficient (Wildman–Crippen LogP) is 4.73. The van der Waals surface area contributed by atoms with Crippen LogP contribution >= 0.6 is 0 Å². The van der Waals surface area contributed by atoms with Gasteiger partial charge in [0.1, 0.15) is 0 Å². The van der Waals surface area contributed by atoms with Gasteiger partial charge in [-0.25, -0.2) is 16.8 Å². The van der Waals surface area contributed by atoms with E-state index in [4.69, 9.17) is 0 Å². The molecular formula is C54H92FeN2O14S2. The van der Waals surface area contributed by atoms with Crippen LogP contribution in [0.1, 0.15) is 157 Å². The van der Waals surface area contributed by atoms with Crippen molar-refractivity contribution in [3.63, 3.8) is 0 Å². The molecule has 8 fully saturated rings. The minimum Gasteiger partial charge on any atom is -0.748 e. The summed E-state index contributed by atoms with van der Waals surface area (Å²) in [5.74, 6) is 1.27. The van der Waals surface area contributed by atoms with Crippen LogP contribution in [-0.2, 0) is 46.9 Å². The van der Waals surface area contributed by atoms with E-state index in [1.54, 1.807) is 0 Å². The number of hydrogen-bond donors (Lipinski definition) is 6. The molecule has 0 bridgehead atoms. The zero-order valence-electron chi connectivity index (χ0n) is 45.0. The van der Waals surface area contributed by atoms with E-state index in [1.807, 2.05) is 0 Å². The minimum atomic E-state index is -4.36. The second kappa shape index (κ2) is 23.0. The van der Waals surface area contributed by atoms with Gasteiger partial charge in [0.15, 0.2) is 0 Å². The topological polar surface area (TPSA) is 276 Å². The largest absolute Gasteiger partial charge is 2.00 e. The van der Waals surface area contributed by atoms with Gasteiger partial charge in [0.05, 0.1) is 68.4 Å². The fourth-order valence-corrected chi connectivity index (χ4v) is 19.5. The quantitative estimate of drug-likeness (QED) is 0.101. The zero-order valence-corrected chi connectivity index (χ0v) is 47.7. The van der Waals surface area contributed by atoms with Crippen LogP contribution in [0.25, 0.3) is 0 Å². The third-order valence-corrected chi connectivity index (χ3v) is 24.2. The van der Waals surface area contributed by atoms with Crippen molar-refractivity contribution >= 4 is 32.1 Å². The molecule has 8 saturated carbocycles. The number of nitrogens with zero attached hydrogens (tertiary/aromatic N) is 2. The monoisotopic (exact) mass is 1110 g/mol. The van der Waals surface area contributed by atoms with Crippen LogP contribution in [0.5, 0.6) is 0 Å². The van der Waals surface area contributed by atoms with Crippen molar-refractivity contribution in [3.8, 4) is 0 Å². The molecule has 0 aromatic carbocycles. The van der Waals surface area contributed by atoms with E-state index >= 15 is 0 Å². The number of aliphatic hydroxyl groups excluding tert-OH is 6. The molecular weight excluding hydrogens is 1020 g/mol. The third-order valence-electron chi connectivity index (χ3n) is 22.9. The van der Waals surface area contributed by atoms with E-state index in [9.17, 15) is 66.2 Å². The first-order chi connectivity index (χ1) is 33.4. The van der Waals surface area contributed by atoms with Crippen molar-refractivity contribution in [1.82, 2.24) is 9.80 Å². The Hall–Kier alpha value is -0.961. The van der Waals surface area contributed by atoms with E-state index in [0.29, 0.717) is 37.5 Å². The third kappa shape index (κ3) is 12.1. The Kier molecular flexibility index (Phi) is 19.3. The molecule has 0 aliphatic heterocycles. The van der Waals surface area contributed by atoms with Gasteiger partial charge >= 0.3 is 17.1 Å². The molecule has 16 nitrogen and oxygen atoms in total. The van der Waals surface area contributed by atoms with E-state index < -0.39 is 56.2 Å². The van der Waals surface area contributed by atoms with E-state index in [0.717, 1.165) is 77.0 Å². The molecule has 19 heteroatoms. The molecule has 8 rings (SSSR count). The second-order valence-electron chi connectivity index (χ2n) is 26.2. The van der Waals surface area contributed by atoms with Gasteiger partial charge in [0.2, 0.25) is 11.8 Å². The molecule has 0 aromatic rings. The fraction of sp³-hybridized carbons (Fsp3) is 0.963. The Morgan fingerprint density at radius 2 is 0.890 bits per heavy atom. The standard InChI is InChI=1S/2C27H47NO7S.Fe/c2*1-16(5-8-24(32)28(4)11-12-36(33,34)35)19-6-7-20-25-21(15-23(31)27(19,20)3)26(2)10-9-18(29)13-17(26)14-22(25)30;/h2*16-23,25,29-31H,5-15H2,1-4H3,(H,33,34,35);/q;;+2/p-2/t2*16-,17?,18-,19-,20?,21?,22-,23+,25?,26+,27-;/m11./s1. The smallest absolute Gasteiger partial charge is 0.748 e. The molecule has 2 amide bonds. The van der Waals surface area contributed by atoms with Gasteiger partial charge in [-0.2, -0.15) is 0 Å². The van der Waals surface area contributed by atoms with Crippen molar-refractivity contribution in [2.24, 2.45) is 92.7 Å². The summed E-state index contributed by atoms with van der Waals surface area (Å²) in [5, 5.41) is 66.6. The normalized spacial score (nSPS) is 44.7. The number of hydrogen-bond acceptors (Lipinski definition) is 14. The molecule has 0 heterocycles. The van der Waals surface area contributed by atoms with Gasteiger partial charge in [-0.05, 0) is 195 Å². The Labute approximate surface area is 448 Å². The average Bonchev–Trinajstić information content (AvgIpc) is 3.85. The minimum absolute atomic E-state index is 0. The first-order valence-electron chi connectivity index (χ1n) is 27.8. The molecule has 0 spiro atoms. The number of carbonyl (C=O) groups is 2. The summed E-state index contributed by atoms with van der Waals surface area (Å²) < 4.78 is 65.3. The summed E-state index contributed by atoms with van der Waals surface area (Å²) in [6.45, 7) is 13.2. The summed E-state index contributed by atoms with van der Waals surface area (Å²) in [5.41, 5.74) is -0.539. The maximum atomic E-state index is 12.6. The van der Waals surface area contributed by atoms with Crippen LogP contribution in [-0.4, -0.2) is 154 Å². The molecule has 8 aliphatic carbocycles. The number of aliphatic hydroxyl groups is 6. The van der Waals surface area contributed by atoms with Crippen molar-refractivity contribution < 1.29 is 83.2 Å². The van der Waals surface area contributed by atoms with E-state index in [2.05, 4.69) is 41.5 Å². The molecule has 0 aromatic heterocycles. The number of rotatable bonds is 14. The first-order valence-corrected chi connectivity index (χ1v) is 31.0. The van der Waals surface area contributed by atoms with Gasteiger partial charge in [-0.15, -0.1) is 0 Å². The summed E-state index contributed by atoms with van der Waals surface area (Å²) in [6, 6.07) is 0. The Balaban J connectivity index is 0.000000235. The molecule has 6 N–H and O–H groups in total. The Morgan fingerprint density at radius 3 is 1.22 bits per heavy atom. The number of carbonyl (C=O) groups excluding carboxylic acids is 2. The molecule has 8 unspecified atom stereocenters. The average molecular weight is 1110 g/mol. The molecule has 8 aliphatic rings. The van der Waals surface area contributed by atoms with Gasteiger partial charge in [0, 0.05) is 40.0 Å². The van der Waals surface area contributed by atoms with Gasteiger partial charge in [-0.1, -0.05) is 41.5 Å². The van der Waals surface area contributed by atoms with Gasteiger partial charge < -0.3 is 49.5 Å². The fourth-order valence-electron chi connectivity index (χ4n) is 18.5. The predicted molar refractivity (Wildman–Crippen MR) is 269 cm³/mol. The zero-order chi connectivity index (χ0) is 53.3. The van der Waals surface area contributed by atoms with Gasteiger partial charge in [0.25, 0.3) is 0 Å². The maximum Gasteiger partial charge on any atom is 2.00 e. The Morgan fingerprint density at radius 1 is 0.548 bits per heavy atom. The van der Waals surface area contributed by atoms with Crippen molar-refractivity contribution in [2.75, 3.05) is 38.7 Å². The van der Waals surface area contributed by atoms with E-state index in [1.165, 1.54) is 23.9 Å². The maximum absolute atomic E-state index is 12.6. The molecule has 422 valence electrons. The second-order valence-corrected chi connectivity index (χ2v) is 29.3. The molecule has 73 heavy (non-hydrogen) atoms. The van der Waals surface area contributed by atoms with Gasteiger partial charge in [-0.3, -0.25) is 9.59 Å². The summed E-state index contributed by atoms with van der Waals surface area (Å²) >= 11 is 0. The first kappa shape index (κ1) is 61.3. The van der Waals surface area contributed by atoms with Crippen molar-refractivity contribution in [1.29, 1.82) is 0 Å². The van der Waals surface area contributed by atoms with Crippen LogP contribution in [0, 0.1) is 92.7 Å². The van der Waals surface area contributed by atoms with E-state index in [-0.39, 0.29) is 148 Å². The SMILES string of the molecule is C[C@H](CCC(=O)N(C)CCS(=O)(=O)[O-])[C@H]1CCC2C3C(C[C@H](O)[C@@]21C)[C@@]1(C)CC[C@@H](O)CC1C[C@H]3O.C[C@H](CCC(=O)N(C)CCS(=O)(=O)[O-])[C@H]1CCC2C3C(C[C@H](O)[C@@]21C)[C@@]1(C)CC[C@@H](O)CC1C[C@H]3O.[Fe+2]. The molecule has 0 saturated heterocycles. The van der Waals surface area contributed by atoms with Crippen LogP contribution in [0.3, 0.4) is 0 Å². The van der Waals surface area contributed by atoms with Crippen LogP contribution in [0.2, 0.25) is 0 Å². The summed E-state index contributed by atoms with van der Waals surface area (Å²) in [7, 11) is -5.66. The van der Waals surface area contributed by atoms with Crippen LogP contribution < -0.4 is 0 Å². The molecule has 0 radical (unpaired) electrons. The van der Waals surface area contributed by atoms with Crippen molar-refractivity contribution in [2.45, 2.75) is 194 Å². The Bertz CT molecular complexity index is 2010. The number of fused-ring (bicyclic) bond motifs is 10. The van der Waals surface area contributed by atoms with Crippen molar-refractivity contribution in [3.05, 3.63) is 0 Å². The molecule has 22 atom stereocenters.